The van der Waals surface area contributed by atoms with Crippen LogP contribution in [0.4, 0.5) is 0 Å². The number of carbonyl (C=O) groups excluding carboxylic acids is 1. The van der Waals surface area contributed by atoms with E-state index in [1.54, 1.807) is 0 Å². The molecule has 25 heavy (non-hydrogen) atoms. The maximum atomic E-state index is 12.6. The second kappa shape index (κ2) is 6.46. The summed E-state index contributed by atoms with van der Waals surface area (Å²) in [6, 6.07) is 7.58. The van der Waals surface area contributed by atoms with Crippen LogP contribution in [0, 0.1) is 6.92 Å². The highest BCUT2D eigenvalue weighted by Gasteiger charge is 2.41. The molecule has 1 aromatic heterocycles. The number of aromatic amines is 1. The minimum Gasteiger partial charge on any atom is -0.486 e. The molecule has 2 aliphatic rings. The maximum Gasteiger partial charge on any atom is 0.170 e. The Balaban J connectivity index is 1.48. The minimum atomic E-state index is -0.370. The number of carbonyl (C=O) groups is 1. The summed E-state index contributed by atoms with van der Waals surface area (Å²) in [6.45, 7) is 4.49. The van der Waals surface area contributed by atoms with Crippen molar-refractivity contribution >= 4 is 17.4 Å². The summed E-state index contributed by atoms with van der Waals surface area (Å²) >= 11 is 6.30. The first-order valence-electron chi connectivity index (χ1n) is 8.79. The highest BCUT2D eigenvalue weighted by atomic mass is 35.5. The number of halogens is 1. The van der Waals surface area contributed by atoms with Gasteiger partial charge in [0.25, 0.3) is 0 Å². The van der Waals surface area contributed by atoms with Crippen LogP contribution in [-0.4, -0.2) is 39.6 Å². The largest absolute Gasteiger partial charge is 0.486 e. The van der Waals surface area contributed by atoms with Crippen molar-refractivity contribution in [1.82, 2.24) is 15.1 Å². The fraction of sp³-hybridized carbons (Fsp3) is 0.474. The predicted octanol–water partition coefficient (Wildman–Crippen LogP) is 3.76. The van der Waals surface area contributed by atoms with E-state index in [0.29, 0.717) is 12.0 Å². The first kappa shape index (κ1) is 16.6. The Kier molecular flexibility index (Phi) is 4.29. The number of likely N-dealkylation sites (tertiary alicyclic amines) is 1. The first-order valence-corrected chi connectivity index (χ1v) is 9.17. The number of ketones is 1. The van der Waals surface area contributed by atoms with E-state index >= 15 is 0 Å². The average molecular weight is 360 g/mol. The number of rotatable bonds is 2. The Bertz CT molecular complexity index is 804. The van der Waals surface area contributed by atoms with Crippen molar-refractivity contribution in [2.75, 3.05) is 13.1 Å². The molecule has 0 aliphatic carbocycles. The summed E-state index contributed by atoms with van der Waals surface area (Å²) in [7, 11) is 0. The molecule has 0 radical (unpaired) electrons. The monoisotopic (exact) mass is 359 g/mol. The molecule has 0 saturated carbocycles. The molecule has 4 rings (SSSR count). The predicted molar refractivity (Wildman–Crippen MR) is 96.2 cm³/mol. The summed E-state index contributed by atoms with van der Waals surface area (Å²) in [5.74, 6) is 0.930. The molecule has 0 bridgehead atoms. The fourth-order valence-corrected chi connectivity index (χ4v) is 4.03. The third kappa shape index (κ3) is 3.18. The summed E-state index contributed by atoms with van der Waals surface area (Å²) in [5, 5.41) is 7.96. The first-order chi connectivity index (χ1) is 12.1. The van der Waals surface area contributed by atoms with Crippen molar-refractivity contribution < 1.29 is 9.53 Å². The third-order valence-corrected chi connectivity index (χ3v) is 5.80. The lowest BCUT2D eigenvalue weighted by molar-refractivity contribution is 0.0298. The van der Waals surface area contributed by atoms with Gasteiger partial charge in [-0.25, -0.2) is 0 Å². The molecule has 1 spiro atoms. The fourth-order valence-electron chi connectivity index (χ4n) is 3.89. The molecule has 0 amide bonds. The maximum absolute atomic E-state index is 12.6. The number of nitrogens with zero attached hydrogens (tertiary/aromatic N) is 2. The van der Waals surface area contributed by atoms with Crippen LogP contribution in [0.1, 0.15) is 47.4 Å². The molecule has 6 heteroatoms. The number of aromatic nitrogens is 2. The van der Waals surface area contributed by atoms with Crippen molar-refractivity contribution in [3.05, 3.63) is 46.2 Å². The SMILES string of the molecule is Cc1[nH]nc(CN2CCCC3(CC2)CC(=O)c2ccccc2O3)c1Cl. The number of H-pyrrole nitrogens is 1. The standard InChI is InChI=1S/C19H22ClN3O2/c1-13-18(20)15(22-21-13)12-23-9-4-7-19(8-10-23)11-16(24)14-5-2-3-6-17(14)25-19/h2-3,5-6H,4,7-12H2,1H3,(H,21,22). The highest BCUT2D eigenvalue weighted by Crippen LogP contribution is 2.39. The van der Waals surface area contributed by atoms with E-state index in [4.69, 9.17) is 16.3 Å². The van der Waals surface area contributed by atoms with Gasteiger partial charge < -0.3 is 4.74 Å². The second-order valence-corrected chi connectivity index (χ2v) is 7.50. The van der Waals surface area contributed by atoms with Gasteiger partial charge in [0.05, 0.1) is 28.4 Å². The van der Waals surface area contributed by atoms with Gasteiger partial charge in [0.2, 0.25) is 0 Å². The zero-order valence-corrected chi connectivity index (χ0v) is 15.1. The molecule has 1 fully saturated rings. The van der Waals surface area contributed by atoms with E-state index in [0.717, 1.165) is 61.1 Å². The second-order valence-electron chi connectivity index (χ2n) is 7.12. The summed E-state index contributed by atoms with van der Waals surface area (Å²) in [5.41, 5.74) is 2.14. The number of hydrogen-bond acceptors (Lipinski definition) is 4. The van der Waals surface area contributed by atoms with Gasteiger partial charge in [-0.1, -0.05) is 23.7 Å². The van der Waals surface area contributed by atoms with Gasteiger partial charge in [0.15, 0.2) is 5.78 Å². The Morgan fingerprint density at radius 3 is 2.96 bits per heavy atom. The van der Waals surface area contributed by atoms with E-state index in [1.807, 2.05) is 31.2 Å². The normalized spacial score (nSPS) is 24.0. The quantitative estimate of drug-likeness (QED) is 0.886. The van der Waals surface area contributed by atoms with Crippen LogP contribution in [0.3, 0.4) is 0 Å². The molecule has 1 saturated heterocycles. The van der Waals surface area contributed by atoms with Crippen molar-refractivity contribution in [2.24, 2.45) is 0 Å². The van der Waals surface area contributed by atoms with Gasteiger partial charge in [0.1, 0.15) is 11.4 Å². The van der Waals surface area contributed by atoms with Gasteiger partial charge >= 0.3 is 0 Å². The molecule has 1 unspecified atom stereocenters. The average Bonchev–Trinajstić information content (AvgIpc) is 2.80. The number of benzene rings is 1. The van der Waals surface area contributed by atoms with Crippen LogP contribution in [0.15, 0.2) is 24.3 Å². The van der Waals surface area contributed by atoms with Crippen molar-refractivity contribution in [3.63, 3.8) is 0 Å². The molecule has 1 N–H and O–H groups in total. The number of Topliss-reactive ketones (excluding diaryl/α,β-unsaturated/α-hetero) is 1. The van der Waals surface area contributed by atoms with E-state index in [2.05, 4.69) is 15.1 Å². The van der Waals surface area contributed by atoms with E-state index in [-0.39, 0.29) is 11.4 Å². The van der Waals surface area contributed by atoms with Crippen LogP contribution in [0.5, 0.6) is 5.75 Å². The number of nitrogens with one attached hydrogen (secondary N) is 1. The molecular weight excluding hydrogens is 338 g/mol. The molecule has 5 nitrogen and oxygen atoms in total. The Morgan fingerprint density at radius 1 is 1.32 bits per heavy atom. The van der Waals surface area contributed by atoms with Gasteiger partial charge in [-0.05, 0) is 38.4 Å². The summed E-state index contributed by atoms with van der Waals surface area (Å²) < 4.78 is 6.34. The lowest BCUT2D eigenvalue weighted by atomic mass is 9.84. The van der Waals surface area contributed by atoms with Gasteiger partial charge in [-0.2, -0.15) is 5.10 Å². The van der Waals surface area contributed by atoms with E-state index < -0.39 is 0 Å². The van der Waals surface area contributed by atoms with Gasteiger partial charge in [0, 0.05) is 19.5 Å². The number of ether oxygens (including phenoxy) is 1. The zero-order valence-electron chi connectivity index (χ0n) is 14.3. The number of hydrogen-bond donors (Lipinski definition) is 1. The van der Waals surface area contributed by atoms with Gasteiger partial charge in [-0.3, -0.25) is 14.8 Å². The number of para-hydroxylation sites is 1. The molecule has 132 valence electrons. The highest BCUT2D eigenvalue weighted by molar-refractivity contribution is 6.31. The van der Waals surface area contributed by atoms with Crippen LogP contribution < -0.4 is 4.74 Å². The van der Waals surface area contributed by atoms with Crippen LogP contribution in [0.2, 0.25) is 5.02 Å². The van der Waals surface area contributed by atoms with E-state index in [9.17, 15) is 4.79 Å². The molecule has 1 atom stereocenters. The summed E-state index contributed by atoms with van der Waals surface area (Å²) in [6.07, 6.45) is 3.21. The zero-order chi connectivity index (χ0) is 17.4. The smallest absolute Gasteiger partial charge is 0.170 e. The van der Waals surface area contributed by atoms with E-state index in [1.165, 1.54) is 0 Å². The molecule has 3 heterocycles. The van der Waals surface area contributed by atoms with Crippen LogP contribution >= 0.6 is 11.6 Å². The molecule has 1 aromatic carbocycles. The Morgan fingerprint density at radius 2 is 2.16 bits per heavy atom. The number of aryl methyl sites for hydroxylation is 1. The summed E-state index contributed by atoms with van der Waals surface area (Å²) in [4.78, 5) is 14.9. The lowest BCUT2D eigenvalue weighted by Gasteiger charge is -2.37. The minimum absolute atomic E-state index is 0.196. The topological polar surface area (TPSA) is 58.2 Å². The van der Waals surface area contributed by atoms with Gasteiger partial charge in [-0.15, -0.1) is 0 Å². The van der Waals surface area contributed by atoms with Crippen molar-refractivity contribution in [1.29, 1.82) is 0 Å². The Hall–Kier alpha value is -1.85. The lowest BCUT2D eigenvalue weighted by Crippen LogP contribution is -2.42. The van der Waals surface area contributed by atoms with Crippen molar-refractivity contribution in [3.8, 4) is 5.75 Å². The van der Waals surface area contributed by atoms with Crippen LogP contribution in [0.25, 0.3) is 0 Å². The van der Waals surface area contributed by atoms with Crippen LogP contribution in [-0.2, 0) is 6.54 Å². The molecule has 2 aromatic rings. The van der Waals surface area contributed by atoms with Crippen molar-refractivity contribution in [2.45, 2.75) is 44.8 Å². The number of fused-ring (bicyclic) bond motifs is 1. The third-order valence-electron chi connectivity index (χ3n) is 5.30. The Labute approximate surface area is 152 Å². The molecule has 2 aliphatic heterocycles. The molecular formula is C19H22ClN3O2.